The highest BCUT2D eigenvalue weighted by Gasteiger charge is 2.17. The first-order valence-corrected chi connectivity index (χ1v) is 9.90. The van der Waals surface area contributed by atoms with Crippen LogP contribution in [0.25, 0.3) is 6.08 Å². The van der Waals surface area contributed by atoms with Gasteiger partial charge in [-0.1, -0.05) is 18.2 Å². The van der Waals surface area contributed by atoms with Crippen molar-refractivity contribution < 1.29 is 13.2 Å². The number of carbonyl (C=O) groups excluding carboxylic acids is 1. The normalized spacial score (nSPS) is 12.0. The molecule has 0 N–H and O–H groups in total. The van der Waals surface area contributed by atoms with Gasteiger partial charge in [-0.2, -0.15) is 0 Å². The molecule has 2 rings (SSSR count). The zero-order valence-electron chi connectivity index (χ0n) is 13.8. The number of rotatable bonds is 6. The highest BCUT2D eigenvalue weighted by atomic mass is 32.2. The lowest BCUT2D eigenvalue weighted by atomic mass is 10.1. The number of allylic oxidation sites excluding steroid dienone is 1. The number of sulfonamides is 1. The number of benzene rings is 2. The molecule has 4 nitrogen and oxygen atoms in total. The van der Waals surface area contributed by atoms with Gasteiger partial charge in [0.25, 0.3) is 0 Å². The molecule has 0 amide bonds. The molecule has 0 atom stereocenters. The highest BCUT2D eigenvalue weighted by molar-refractivity contribution is 7.98. The van der Waals surface area contributed by atoms with Crippen molar-refractivity contribution in [3.05, 3.63) is 65.7 Å². The molecule has 0 heterocycles. The largest absolute Gasteiger partial charge is 0.289 e. The molecular weight excluding hydrogens is 342 g/mol. The van der Waals surface area contributed by atoms with Gasteiger partial charge in [-0.05, 0) is 54.3 Å². The van der Waals surface area contributed by atoms with E-state index in [0.29, 0.717) is 5.56 Å². The first-order chi connectivity index (χ1) is 11.3. The van der Waals surface area contributed by atoms with Crippen molar-refractivity contribution in [2.75, 3.05) is 20.4 Å². The Balaban J connectivity index is 2.14. The predicted octanol–water partition coefficient (Wildman–Crippen LogP) is 3.55. The Morgan fingerprint density at radius 3 is 2.08 bits per heavy atom. The maximum absolute atomic E-state index is 12.2. The van der Waals surface area contributed by atoms with Crippen LogP contribution in [0, 0.1) is 0 Å². The van der Waals surface area contributed by atoms with Crippen LogP contribution in [0.3, 0.4) is 0 Å². The van der Waals surface area contributed by atoms with Crippen molar-refractivity contribution in [1.29, 1.82) is 0 Å². The monoisotopic (exact) mass is 361 g/mol. The molecule has 0 saturated heterocycles. The van der Waals surface area contributed by atoms with Gasteiger partial charge in [0.1, 0.15) is 0 Å². The van der Waals surface area contributed by atoms with Gasteiger partial charge in [-0.3, -0.25) is 4.79 Å². The van der Waals surface area contributed by atoms with E-state index >= 15 is 0 Å². The first-order valence-electron chi connectivity index (χ1n) is 7.23. The van der Waals surface area contributed by atoms with Crippen LogP contribution < -0.4 is 0 Å². The van der Waals surface area contributed by atoms with Crippen LogP contribution in [0.15, 0.2) is 64.4 Å². The van der Waals surface area contributed by atoms with Crippen LogP contribution in [-0.4, -0.2) is 38.9 Å². The molecular formula is C18H19NO3S2. The lowest BCUT2D eigenvalue weighted by molar-refractivity contribution is 0.104. The third-order valence-corrected chi connectivity index (χ3v) is 6.03. The molecule has 2 aromatic carbocycles. The smallest absolute Gasteiger partial charge is 0.242 e. The van der Waals surface area contributed by atoms with Gasteiger partial charge >= 0.3 is 0 Å². The summed E-state index contributed by atoms with van der Waals surface area (Å²) in [5, 5.41) is 0. The summed E-state index contributed by atoms with van der Waals surface area (Å²) < 4.78 is 25.1. The Morgan fingerprint density at radius 2 is 1.58 bits per heavy atom. The number of ketones is 1. The average molecular weight is 361 g/mol. The summed E-state index contributed by atoms with van der Waals surface area (Å²) in [6.07, 6.45) is 5.25. The fraction of sp³-hybridized carbons (Fsp3) is 0.167. The molecule has 0 spiro atoms. The van der Waals surface area contributed by atoms with Crippen LogP contribution in [0.4, 0.5) is 0 Å². The van der Waals surface area contributed by atoms with Gasteiger partial charge in [0.05, 0.1) is 4.90 Å². The molecule has 0 aliphatic rings. The van der Waals surface area contributed by atoms with E-state index in [4.69, 9.17) is 0 Å². The Kier molecular flexibility index (Phi) is 5.99. The molecule has 0 radical (unpaired) electrons. The molecule has 6 heteroatoms. The number of hydrogen-bond acceptors (Lipinski definition) is 4. The quantitative estimate of drug-likeness (QED) is 0.448. The summed E-state index contributed by atoms with van der Waals surface area (Å²) in [6.45, 7) is 0. The predicted molar refractivity (Wildman–Crippen MR) is 98.9 cm³/mol. The summed E-state index contributed by atoms with van der Waals surface area (Å²) in [6, 6.07) is 13.8. The van der Waals surface area contributed by atoms with Crippen LogP contribution in [-0.2, 0) is 10.0 Å². The highest BCUT2D eigenvalue weighted by Crippen LogP contribution is 2.17. The minimum absolute atomic E-state index is 0.167. The zero-order valence-corrected chi connectivity index (χ0v) is 15.4. The average Bonchev–Trinajstić information content (AvgIpc) is 2.60. The van der Waals surface area contributed by atoms with Gasteiger partial charge in [0, 0.05) is 24.6 Å². The minimum Gasteiger partial charge on any atom is -0.289 e. The third kappa shape index (κ3) is 4.35. The molecule has 24 heavy (non-hydrogen) atoms. The van der Waals surface area contributed by atoms with Crippen molar-refractivity contribution in [3.63, 3.8) is 0 Å². The molecule has 0 aliphatic heterocycles. The standard InChI is InChI=1S/C18H19NO3S2/c1-19(2)24(21,22)17-11-7-15(8-12-17)18(20)13-6-14-4-9-16(23-3)10-5-14/h4-13H,1-3H3/b13-6+. The van der Waals surface area contributed by atoms with Gasteiger partial charge in [0.2, 0.25) is 10.0 Å². The van der Waals surface area contributed by atoms with Gasteiger partial charge in [0.15, 0.2) is 5.78 Å². The van der Waals surface area contributed by atoms with Crippen molar-refractivity contribution in [1.82, 2.24) is 4.31 Å². The van der Waals surface area contributed by atoms with Gasteiger partial charge in [-0.15, -0.1) is 11.8 Å². The van der Waals surface area contributed by atoms with E-state index in [-0.39, 0.29) is 10.7 Å². The summed E-state index contributed by atoms with van der Waals surface area (Å²) in [5.41, 5.74) is 1.39. The van der Waals surface area contributed by atoms with E-state index in [1.165, 1.54) is 44.4 Å². The lowest BCUT2D eigenvalue weighted by Crippen LogP contribution is -2.22. The van der Waals surface area contributed by atoms with E-state index < -0.39 is 10.0 Å². The second-order valence-electron chi connectivity index (χ2n) is 5.28. The Hall–Kier alpha value is -1.89. The van der Waals surface area contributed by atoms with Crippen molar-refractivity contribution in [2.45, 2.75) is 9.79 Å². The van der Waals surface area contributed by atoms with Crippen molar-refractivity contribution >= 4 is 33.6 Å². The summed E-state index contributed by atoms with van der Waals surface area (Å²) in [4.78, 5) is 13.5. The Bertz CT molecular complexity index is 837. The van der Waals surface area contributed by atoms with Crippen molar-refractivity contribution in [2.24, 2.45) is 0 Å². The zero-order chi connectivity index (χ0) is 17.7. The second-order valence-corrected chi connectivity index (χ2v) is 8.31. The molecule has 0 aliphatic carbocycles. The molecule has 0 unspecified atom stereocenters. The van der Waals surface area contributed by atoms with Crippen LogP contribution in [0.5, 0.6) is 0 Å². The topological polar surface area (TPSA) is 54.5 Å². The maximum Gasteiger partial charge on any atom is 0.242 e. The third-order valence-electron chi connectivity index (χ3n) is 3.46. The van der Waals surface area contributed by atoms with Gasteiger partial charge in [-0.25, -0.2) is 12.7 Å². The van der Waals surface area contributed by atoms with Crippen LogP contribution in [0.2, 0.25) is 0 Å². The minimum atomic E-state index is -3.48. The maximum atomic E-state index is 12.2. The fourth-order valence-corrected chi connectivity index (χ4v) is 3.30. The Labute approximate surface area is 147 Å². The van der Waals surface area contributed by atoms with E-state index in [9.17, 15) is 13.2 Å². The van der Waals surface area contributed by atoms with Gasteiger partial charge < -0.3 is 0 Å². The summed E-state index contributed by atoms with van der Waals surface area (Å²) >= 11 is 1.66. The molecule has 2 aromatic rings. The van der Waals surface area contributed by atoms with E-state index in [0.717, 1.165) is 14.8 Å². The molecule has 0 bridgehead atoms. The molecule has 0 fully saturated rings. The Morgan fingerprint density at radius 1 is 1.00 bits per heavy atom. The summed E-state index contributed by atoms with van der Waals surface area (Å²) in [5.74, 6) is -0.169. The summed E-state index contributed by atoms with van der Waals surface area (Å²) in [7, 11) is -0.536. The first kappa shape index (κ1) is 18.4. The molecule has 0 aromatic heterocycles. The molecule has 126 valence electrons. The number of nitrogens with zero attached hydrogens (tertiary/aromatic N) is 1. The SMILES string of the molecule is CSc1ccc(/C=C/C(=O)c2ccc(S(=O)(=O)N(C)C)cc2)cc1. The second kappa shape index (κ2) is 7.79. The van der Waals surface area contributed by atoms with Crippen molar-refractivity contribution in [3.8, 4) is 0 Å². The number of hydrogen-bond donors (Lipinski definition) is 0. The van der Waals surface area contributed by atoms with E-state index in [2.05, 4.69) is 0 Å². The van der Waals surface area contributed by atoms with E-state index in [1.54, 1.807) is 17.8 Å². The number of carbonyl (C=O) groups is 1. The fourth-order valence-electron chi connectivity index (χ4n) is 1.99. The van der Waals surface area contributed by atoms with E-state index in [1.807, 2.05) is 30.5 Å². The van der Waals surface area contributed by atoms with Crippen LogP contribution in [0.1, 0.15) is 15.9 Å². The van der Waals surface area contributed by atoms with Crippen LogP contribution >= 0.6 is 11.8 Å². The molecule has 0 saturated carbocycles. The lowest BCUT2D eigenvalue weighted by Gasteiger charge is -2.11. The number of thioether (sulfide) groups is 1.